The average Bonchev–Trinajstić information content (AvgIpc) is 2.42. The predicted octanol–water partition coefficient (Wildman–Crippen LogP) is 1.35. The lowest BCUT2D eigenvalue weighted by Gasteiger charge is -2.11. The van der Waals surface area contributed by atoms with Gasteiger partial charge < -0.3 is 11.5 Å². The SMILES string of the molecule is Nc1ncccc1CC(=O)C(N)Cc1ccccc1. The highest BCUT2D eigenvalue weighted by molar-refractivity contribution is 5.87. The molecule has 1 unspecified atom stereocenters. The number of hydrogen-bond acceptors (Lipinski definition) is 4. The Morgan fingerprint density at radius 2 is 1.89 bits per heavy atom. The molecule has 2 aromatic rings. The maximum absolute atomic E-state index is 12.1. The Hall–Kier alpha value is -2.20. The molecule has 98 valence electrons. The maximum atomic E-state index is 12.1. The van der Waals surface area contributed by atoms with Gasteiger partial charge in [0.15, 0.2) is 5.78 Å². The van der Waals surface area contributed by atoms with Crippen molar-refractivity contribution >= 4 is 11.6 Å². The highest BCUT2D eigenvalue weighted by atomic mass is 16.1. The summed E-state index contributed by atoms with van der Waals surface area (Å²) in [4.78, 5) is 16.0. The molecule has 4 heteroatoms. The highest BCUT2D eigenvalue weighted by Crippen LogP contribution is 2.10. The molecule has 0 amide bonds. The van der Waals surface area contributed by atoms with E-state index in [1.807, 2.05) is 30.3 Å². The minimum atomic E-state index is -0.512. The van der Waals surface area contributed by atoms with Crippen molar-refractivity contribution in [2.75, 3.05) is 5.73 Å². The molecule has 19 heavy (non-hydrogen) atoms. The van der Waals surface area contributed by atoms with Crippen molar-refractivity contribution in [2.24, 2.45) is 5.73 Å². The predicted molar refractivity (Wildman–Crippen MR) is 75.5 cm³/mol. The van der Waals surface area contributed by atoms with Crippen LogP contribution in [0.15, 0.2) is 48.7 Å². The second-order valence-corrected chi connectivity index (χ2v) is 4.49. The smallest absolute Gasteiger partial charge is 0.154 e. The summed E-state index contributed by atoms with van der Waals surface area (Å²) in [6, 6.07) is 12.8. The van der Waals surface area contributed by atoms with Crippen LogP contribution in [0.4, 0.5) is 5.82 Å². The molecule has 4 N–H and O–H groups in total. The van der Waals surface area contributed by atoms with Gasteiger partial charge in [0.2, 0.25) is 0 Å². The number of rotatable bonds is 5. The molecule has 4 nitrogen and oxygen atoms in total. The highest BCUT2D eigenvalue weighted by Gasteiger charge is 2.15. The van der Waals surface area contributed by atoms with E-state index in [0.717, 1.165) is 11.1 Å². The van der Waals surface area contributed by atoms with Crippen LogP contribution in [-0.2, 0) is 17.6 Å². The molecule has 0 saturated heterocycles. The molecule has 0 aliphatic carbocycles. The zero-order valence-electron chi connectivity index (χ0n) is 10.6. The normalized spacial score (nSPS) is 12.1. The van der Waals surface area contributed by atoms with Gasteiger partial charge in [-0.3, -0.25) is 4.79 Å². The molecule has 1 atom stereocenters. The fourth-order valence-corrected chi connectivity index (χ4v) is 1.90. The van der Waals surface area contributed by atoms with Gasteiger partial charge in [-0.15, -0.1) is 0 Å². The first-order chi connectivity index (χ1) is 9.16. The number of nitrogens with two attached hydrogens (primary N) is 2. The van der Waals surface area contributed by atoms with Crippen LogP contribution in [0.1, 0.15) is 11.1 Å². The number of aromatic nitrogens is 1. The quantitative estimate of drug-likeness (QED) is 0.844. The van der Waals surface area contributed by atoms with Crippen molar-refractivity contribution in [3.63, 3.8) is 0 Å². The number of pyridine rings is 1. The summed E-state index contributed by atoms with van der Waals surface area (Å²) >= 11 is 0. The van der Waals surface area contributed by atoms with Crippen molar-refractivity contribution in [2.45, 2.75) is 18.9 Å². The number of carbonyl (C=O) groups is 1. The molecule has 0 saturated carbocycles. The molecular weight excluding hydrogens is 238 g/mol. The molecule has 0 radical (unpaired) electrons. The van der Waals surface area contributed by atoms with E-state index >= 15 is 0 Å². The number of Topliss-reactive ketones (excluding diaryl/α,β-unsaturated/α-hetero) is 1. The monoisotopic (exact) mass is 255 g/mol. The van der Waals surface area contributed by atoms with Gasteiger partial charge in [-0.05, 0) is 18.1 Å². The van der Waals surface area contributed by atoms with E-state index in [1.165, 1.54) is 0 Å². The van der Waals surface area contributed by atoms with Gasteiger partial charge in [-0.1, -0.05) is 36.4 Å². The van der Waals surface area contributed by atoms with Crippen molar-refractivity contribution < 1.29 is 4.79 Å². The Labute approximate surface area is 112 Å². The van der Waals surface area contributed by atoms with Gasteiger partial charge >= 0.3 is 0 Å². The first-order valence-electron chi connectivity index (χ1n) is 6.18. The Bertz CT molecular complexity index is 554. The summed E-state index contributed by atoms with van der Waals surface area (Å²) in [6.07, 6.45) is 2.38. The molecule has 1 aromatic carbocycles. The zero-order chi connectivity index (χ0) is 13.7. The van der Waals surface area contributed by atoms with Crippen LogP contribution in [0.2, 0.25) is 0 Å². The second-order valence-electron chi connectivity index (χ2n) is 4.49. The molecule has 0 aliphatic heterocycles. The standard InChI is InChI=1S/C15H17N3O/c16-13(9-11-5-2-1-3-6-11)14(19)10-12-7-4-8-18-15(12)17/h1-8,13H,9-10,16H2,(H2,17,18). The number of nitrogens with zero attached hydrogens (tertiary/aromatic N) is 1. The van der Waals surface area contributed by atoms with Crippen molar-refractivity contribution in [3.8, 4) is 0 Å². The topological polar surface area (TPSA) is 82.0 Å². The van der Waals surface area contributed by atoms with Gasteiger partial charge in [-0.2, -0.15) is 0 Å². The van der Waals surface area contributed by atoms with Crippen LogP contribution >= 0.6 is 0 Å². The Kier molecular flexibility index (Phi) is 4.26. The average molecular weight is 255 g/mol. The van der Waals surface area contributed by atoms with Gasteiger partial charge in [0.1, 0.15) is 5.82 Å². The number of carbonyl (C=O) groups excluding carboxylic acids is 1. The molecule has 0 fully saturated rings. The summed E-state index contributed by atoms with van der Waals surface area (Å²) in [7, 11) is 0. The van der Waals surface area contributed by atoms with Gasteiger partial charge in [0.05, 0.1) is 6.04 Å². The minimum Gasteiger partial charge on any atom is -0.383 e. The number of anilines is 1. The summed E-state index contributed by atoms with van der Waals surface area (Å²) in [5, 5.41) is 0. The number of ketones is 1. The Morgan fingerprint density at radius 3 is 2.58 bits per heavy atom. The van der Waals surface area contributed by atoms with Crippen molar-refractivity contribution in [1.82, 2.24) is 4.98 Å². The van der Waals surface area contributed by atoms with Crippen molar-refractivity contribution in [1.29, 1.82) is 0 Å². The van der Waals surface area contributed by atoms with Gasteiger partial charge in [-0.25, -0.2) is 4.98 Å². The third-order valence-electron chi connectivity index (χ3n) is 3.00. The third-order valence-corrected chi connectivity index (χ3v) is 3.00. The van der Waals surface area contributed by atoms with Crippen molar-refractivity contribution in [3.05, 3.63) is 59.8 Å². The summed E-state index contributed by atoms with van der Waals surface area (Å²) < 4.78 is 0. The maximum Gasteiger partial charge on any atom is 0.154 e. The third kappa shape index (κ3) is 3.63. The second kappa shape index (κ2) is 6.11. The fourth-order valence-electron chi connectivity index (χ4n) is 1.90. The molecule has 0 spiro atoms. The lowest BCUT2D eigenvalue weighted by atomic mass is 9.99. The Morgan fingerprint density at radius 1 is 1.16 bits per heavy atom. The summed E-state index contributed by atoms with van der Waals surface area (Å²) in [6.45, 7) is 0. The van der Waals surface area contributed by atoms with Gasteiger partial charge in [0.25, 0.3) is 0 Å². The van der Waals surface area contributed by atoms with Crippen LogP contribution in [0.25, 0.3) is 0 Å². The van der Waals surface area contributed by atoms with Crippen LogP contribution < -0.4 is 11.5 Å². The van der Waals surface area contributed by atoms with E-state index in [1.54, 1.807) is 18.3 Å². The lowest BCUT2D eigenvalue weighted by molar-refractivity contribution is -0.119. The Balaban J connectivity index is 1.99. The molecule has 1 heterocycles. The lowest BCUT2D eigenvalue weighted by Crippen LogP contribution is -2.34. The number of hydrogen-bond donors (Lipinski definition) is 2. The van der Waals surface area contributed by atoms with E-state index < -0.39 is 6.04 Å². The summed E-state index contributed by atoms with van der Waals surface area (Å²) in [5.74, 6) is 0.367. The minimum absolute atomic E-state index is 0.0245. The van der Waals surface area contributed by atoms with E-state index in [2.05, 4.69) is 4.98 Å². The molecule has 1 aromatic heterocycles. The molecule has 0 aliphatic rings. The molecule has 2 rings (SSSR count). The molecule has 0 bridgehead atoms. The van der Waals surface area contributed by atoms with Crippen LogP contribution in [-0.4, -0.2) is 16.8 Å². The summed E-state index contributed by atoms with van der Waals surface area (Å²) in [5.41, 5.74) is 13.4. The van der Waals surface area contributed by atoms with Crippen LogP contribution in [0.3, 0.4) is 0 Å². The van der Waals surface area contributed by atoms with E-state index in [4.69, 9.17) is 11.5 Å². The number of benzene rings is 1. The first-order valence-corrected chi connectivity index (χ1v) is 6.18. The number of nitrogen functional groups attached to an aromatic ring is 1. The van der Waals surface area contributed by atoms with E-state index in [0.29, 0.717) is 12.2 Å². The largest absolute Gasteiger partial charge is 0.383 e. The van der Waals surface area contributed by atoms with Crippen LogP contribution in [0, 0.1) is 0 Å². The first kappa shape index (κ1) is 13.2. The molecular formula is C15H17N3O. The van der Waals surface area contributed by atoms with Crippen LogP contribution in [0.5, 0.6) is 0 Å². The fraction of sp³-hybridized carbons (Fsp3) is 0.200. The van der Waals surface area contributed by atoms with E-state index in [9.17, 15) is 4.79 Å². The van der Waals surface area contributed by atoms with Gasteiger partial charge in [0, 0.05) is 18.2 Å². The van der Waals surface area contributed by atoms with E-state index in [-0.39, 0.29) is 12.2 Å². The zero-order valence-corrected chi connectivity index (χ0v) is 10.6.